The van der Waals surface area contributed by atoms with Crippen molar-refractivity contribution in [2.24, 2.45) is 0 Å². The zero-order valence-corrected chi connectivity index (χ0v) is 9.53. The van der Waals surface area contributed by atoms with Crippen LogP contribution in [0.2, 0.25) is 5.02 Å². The largest absolute Gasteiger partial charge is 0.489 e. The Morgan fingerprint density at radius 2 is 2.00 bits per heavy atom. The van der Waals surface area contributed by atoms with Crippen LogP contribution in [0.3, 0.4) is 0 Å². The van der Waals surface area contributed by atoms with Gasteiger partial charge in [0.25, 0.3) is 0 Å². The lowest BCUT2D eigenvalue weighted by Gasteiger charge is -2.11. The SMILES string of the molecule is CC(O)COc1ccc([C@@H](C)O)cc1Cl. The van der Waals surface area contributed by atoms with Crippen LogP contribution in [0.1, 0.15) is 25.5 Å². The monoisotopic (exact) mass is 230 g/mol. The van der Waals surface area contributed by atoms with Crippen molar-refractivity contribution in [2.45, 2.75) is 26.1 Å². The van der Waals surface area contributed by atoms with Gasteiger partial charge in [0.2, 0.25) is 0 Å². The van der Waals surface area contributed by atoms with Gasteiger partial charge in [-0.3, -0.25) is 0 Å². The highest BCUT2D eigenvalue weighted by atomic mass is 35.5. The normalized spacial score (nSPS) is 14.7. The van der Waals surface area contributed by atoms with Crippen LogP contribution in [0.4, 0.5) is 0 Å². The second-order valence-electron chi connectivity index (χ2n) is 3.53. The van der Waals surface area contributed by atoms with E-state index in [0.717, 1.165) is 5.56 Å². The van der Waals surface area contributed by atoms with E-state index in [0.29, 0.717) is 10.8 Å². The molecule has 2 atom stereocenters. The minimum absolute atomic E-state index is 0.202. The minimum atomic E-state index is -0.548. The number of ether oxygens (including phenoxy) is 1. The molecule has 0 aliphatic heterocycles. The third kappa shape index (κ3) is 3.70. The van der Waals surface area contributed by atoms with Crippen molar-refractivity contribution in [3.63, 3.8) is 0 Å². The molecule has 1 aromatic carbocycles. The molecule has 0 saturated heterocycles. The van der Waals surface area contributed by atoms with Gasteiger partial charge in [0.05, 0.1) is 17.2 Å². The van der Waals surface area contributed by atoms with Gasteiger partial charge in [0.15, 0.2) is 0 Å². The molecule has 3 nitrogen and oxygen atoms in total. The number of benzene rings is 1. The Morgan fingerprint density at radius 3 is 2.47 bits per heavy atom. The summed E-state index contributed by atoms with van der Waals surface area (Å²) in [5.41, 5.74) is 0.740. The van der Waals surface area contributed by atoms with E-state index in [9.17, 15) is 5.11 Å². The maximum Gasteiger partial charge on any atom is 0.138 e. The van der Waals surface area contributed by atoms with Gasteiger partial charge in [-0.25, -0.2) is 0 Å². The molecular weight excluding hydrogens is 216 g/mol. The molecule has 0 fully saturated rings. The second-order valence-corrected chi connectivity index (χ2v) is 3.93. The highest BCUT2D eigenvalue weighted by Crippen LogP contribution is 2.27. The molecule has 0 radical (unpaired) electrons. The summed E-state index contributed by atoms with van der Waals surface area (Å²) in [5.74, 6) is 0.516. The number of aliphatic hydroxyl groups excluding tert-OH is 2. The van der Waals surface area contributed by atoms with Gasteiger partial charge in [-0.05, 0) is 31.5 Å². The zero-order valence-electron chi connectivity index (χ0n) is 8.77. The smallest absolute Gasteiger partial charge is 0.138 e. The first-order valence-electron chi connectivity index (χ1n) is 4.79. The van der Waals surface area contributed by atoms with Crippen molar-refractivity contribution in [3.8, 4) is 5.75 Å². The van der Waals surface area contributed by atoms with Crippen molar-refractivity contribution >= 4 is 11.6 Å². The highest BCUT2D eigenvalue weighted by Gasteiger charge is 2.07. The predicted molar refractivity (Wildman–Crippen MR) is 59.3 cm³/mol. The first-order chi connectivity index (χ1) is 7.00. The first-order valence-corrected chi connectivity index (χ1v) is 5.17. The molecule has 1 unspecified atom stereocenters. The number of hydrogen-bond donors (Lipinski definition) is 2. The number of halogens is 1. The average molecular weight is 231 g/mol. The van der Waals surface area contributed by atoms with Crippen LogP contribution in [0, 0.1) is 0 Å². The van der Waals surface area contributed by atoms with Crippen LogP contribution >= 0.6 is 11.6 Å². The van der Waals surface area contributed by atoms with Crippen molar-refractivity contribution in [3.05, 3.63) is 28.8 Å². The van der Waals surface area contributed by atoms with Gasteiger partial charge in [-0.15, -0.1) is 0 Å². The lowest BCUT2D eigenvalue weighted by atomic mass is 10.1. The number of aliphatic hydroxyl groups is 2. The molecule has 0 aliphatic rings. The molecule has 0 aromatic heterocycles. The van der Waals surface area contributed by atoms with Gasteiger partial charge < -0.3 is 14.9 Å². The Balaban J connectivity index is 2.75. The summed E-state index contributed by atoms with van der Waals surface area (Å²) in [6.07, 6.45) is -1.08. The lowest BCUT2D eigenvalue weighted by molar-refractivity contribution is 0.122. The maximum absolute atomic E-state index is 9.32. The molecule has 15 heavy (non-hydrogen) atoms. The van der Waals surface area contributed by atoms with Crippen LogP contribution < -0.4 is 4.74 Å². The lowest BCUT2D eigenvalue weighted by Crippen LogP contribution is -2.13. The molecule has 0 heterocycles. The molecule has 2 N–H and O–H groups in total. The van der Waals surface area contributed by atoms with Crippen LogP contribution in [0.5, 0.6) is 5.75 Å². The van der Waals surface area contributed by atoms with Gasteiger partial charge in [0, 0.05) is 0 Å². The molecule has 0 amide bonds. The zero-order chi connectivity index (χ0) is 11.4. The summed E-state index contributed by atoms with van der Waals surface area (Å²) in [4.78, 5) is 0. The Hall–Kier alpha value is -0.770. The van der Waals surface area contributed by atoms with Crippen LogP contribution in [0.15, 0.2) is 18.2 Å². The van der Waals surface area contributed by atoms with Crippen molar-refractivity contribution in [2.75, 3.05) is 6.61 Å². The summed E-state index contributed by atoms with van der Waals surface area (Å²) in [7, 11) is 0. The Morgan fingerprint density at radius 1 is 1.33 bits per heavy atom. The van der Waals surface area contributed by atoms with E-state index in [1.165, 1.54) is 0 Å². The minimum Gasteiger partial charge on any atom is -0.489 e. The molecule has 0 bridgehead atoms. The quantitative estimate of drug-likeness (QED) is 0.834. The molecule has 4 heteroatoms. The predicted octanol–water partition coefficient (Wildman–Crippen LogP) is 2.15. The fourth-order valence-corrected chi connectivity index (χ4v) is 1.35. The molecule has 84 valence electrons. The summed E-state index contributed by atoms with van der Waals surface area (Å²) < 4.78 is 5.27. The van der Waals surface area contributed by atoms with E-state index in [4.69, 9.17) is 21.4 Å². The van der Waals surface area contributed by atoms with Crippen molar-refractivity contribution in [1.29, 1.82) is 0 Å². The summed E-state index contributed by atoms with van der Waals surface area (Å²) >= 11 is 5.94. The second kappa shape index (κ2) is 5.35. The molecule has 1 rings (SSSR count). The van der Waals surface area contributed by atoms with E-state index in [-0.39, 0.29) is 6.61 Å². The van der Waals surface area contributed by atoms with Gasteiger partial charge >= 0.3 is 0 Å². The third-order valence-corrected chi connectivity index (χ3v) is 2.21. The van der Waals surface area contributed by atoms with E-state index < -0.39 is 12.2 Å². The van der Waals surface area contributed by atoms with Crippen LogP contribution in [-0.2, 0) is 0 Å². The van der Waals surface area contributed by atoms with Crippen LogP contribution in [-0.4, -0.2) is 22.9 Å². The molecule has 0 aliphatic carbocycles. The topological polar surface area (TPSA) is 49.7 Å². The average Bonchev–Trinajstić information content (AvgIpc) is 2.15. The maximum atomic E-state index is 9.32. The van der Waals surface area contributed by atoms with Crippen molar-refractivity contribution in [1.82, 2.24) is 0 Å². The summed E-state index contributed by atoms with van der Waals surface area (Å²) in [6.45, 7) is 3.51. The van der Waals surface area contributed by atoms with E-state index >= 15 is 0 Å². The van der Waals surface area contributed by atoms with Gasteiger partial charge in [0.1, 0.15) is 12.4 Å². The van der Waals surface area contributed by atoms with Gasteiger partial charge in [-0.1, -0.05) is 17.7 Å². The van der Waals surface area contributed by atoms with E-state index in [1.807, 2.05) is 0 Å². The number of hydrogen-bond acceptors (Lipinski definition) is 3. The van der Waals surface area contributed by atoms with Crippen LogP contribution in [0.25, 0.3) is 0 Å². The summed E-state index contributed by atoms with van der Waals surface area (Å²) in [5, 5.41) is 18.8. The summed E-state index contributed by atoms with van der Waals surface area (Å²) in [6, 6.07) is 5.09. The molecule has 0 spiro atoms. The Bertz CT molecular complexity index is 324. The standard InChI is InChI=1S/C11H15ClO3/c1-7(13)6-15-11-4-3-9(8(2)14)5-10(11)12/h3-5,7-8,13-14H,6H2,1-2H3/t7?,8-/m1/s1. The fraction of sp³-hybridized carbons (Fsp3) is 0.455. The Labute approximate surface area is 94.3 Å². The van der Waals surface area contributed by atoms with E-state index in [1.54, 1.807) is 32.0 Å². The Kier molecular flexibility index (Phi) is 4.39. The van der Waals surface area contributed by atoms with Gasteiger partial charge in [-0.2, -0.15) is 0 Å². The third-order valence-electron chi connectivity index (χ3n) is 1.92. The first kappa shape index (κ1) is 12.3. The number of rotatable bonds is 4. The molecular formula is C11H15ClO3. The fourth-order valence-electron chi connectivity index (χ4n) is 1.10. The van der Waals surface area contributed by atoms with E-state index in [2.05, 4.69) is 0 Å². The molecule has 0 saturated carbocycles. The molecule has 1 aromatic rings. The highest BCUT2D eigenvalue weighted by molar-refractivity contribution is 6.32. The van der Waals surface area contributed by atoms with Crippen molar-refractivity contribution < 1.29 is 14.9 Å².